The van der Waals surface area contributed by atoms with Crippen LogP contribution in [0.5, 0.6) is 0 Å². The highest BCUT2D eigenvalue weighted by Gasteiger charge is 2.34. The average Bonchev–Trinajstić information content (AvgIpc) is 3.48. The van der Waals surface area contributed by atoms with Crippen LogP contribution in [-0.4, -0.2) is 71.9 Å². The number of hydrogen-bond acceptors (Lipinski definition) is 8. The first-order valence-corrected chi connectivity index (χ1v) is 15.2. The molecule has 202 valence electrons. The van der Waals surface area contributed by atoms with Gasteiger partial charge in [0.1, 0.15) is 5.82 Å². The van der Waals surface area contributed by atoms with Crippen LogP contribution in [0.15, 0.2) is 36.4 Å². The Hall–Kier alpha value is -2.53. The third kappa shape index (κ3) is 5.88. The number of carbonyl (C=O) groups is 2. The zero-order valence-corrected chi connectivity index (χ0v) is 24.0. The second-order valence-corrected chi connectivity index (χ2v) is 11.9. The topological polar surface area (TPSA) is 78.0 Å². The van der Waals surface area contributed by atoms with E-state index in [1.165, 1.54) is 15.0 Å². The highest BCUT2D eigenvalue weighted by atomic mass is 35.5. The third-order valence-corrected chi connectivity index (χ3v) is 8.93. The number of amides is 2. The monoisotopic (exact) mass is 573 g/mol. The van der Waals surface area contributed by atoms with Gasteiger partial charge in [-0.05, 0) is 60.0 Å². The maximum absolute atomic E-state index is 12.8. The van der Waals surface area contributed by atoms with Gasteiger partial charge in [0.25, 0.3) is 0 Å². The summed E-state index contributed by atoms with van der Waals surface area (Å²) in [5, 5.41) is 4.55. The van der Waals surface area contributed by atoms with Crippen LogP contribution >= 0.6 is 34.9 Å². The molecule has 5 rings (SSSR count). The Morgan fingerprint density at radius 1 is 1.24 bits per heavy atom. The van der Waals surface area contributed by atoms with E-state index in [2.05, 4.69) is 39.4 Å². The molecule has 0 saturated carbocycles. The molecule has 0 radical (unpaired) electrons. The lowest BCUT2D eigenvalue weighted by molar-refractivity contribution is -0.119. The number of alkyl carbamates (subject to hydrolysis) is 1. The fraction of sp³-hybridized carbons (Fsp3) is 0.444. The molecule has 1 saturated heterocycles. The van der Waals surface area contributed by atoms with Crippen molar-refractivity contribution in [3.63, 3.8) is 0 Å². The number of thioether (sulfide) groups is 1. The number of aromatic nitrogens is 1. The molecule has 3 aromatic rings. The van der Waals surface area contributed by atoms with Crippen LogP contribution in [0, 0.1) is 0 Å². The van der Waals surface area contributed by atoms with Crippen molar-refractivity contribution in [1.82, 2.24) is 14.6 Å². The van der Waals surface area contributed by atoms with E-state index in [1.807, 2.05) is 19.1 Å². The lowest BCUT2D eigenvalue weighted by Gasteiger charge is -2.35. The summed E-state index contributed by atoms with van der Waals surface area (Å²) < 4.78 is 11.4. The van der Waals surface area contributed by atoms with Gasteiger partial charge in [-0.15, -0.1) is 11.8 Å². The van der Waals surface area contributed by atoms with Crippen LogP contribution in [0.4, 0.5) is 16.3 Å². The minimum absolute atomic E-state index is 0.0952. The number of nitrogens with one attached hydrogen (secondary N) is 1. The summed E-state index contributed by atoms with van der Waals surface area (Å²) in [6.07, 6.45) is -0.168. The van der Waals surface area contributed by atoms with Gasteiger partial charge in [0.2, 0.25) is 5.91 Å². The molecule has 1 atom stereocenters. The quantitative estimate of drug-likeness (QED) is 0.285. The Morgan fingerprint density at radius 2 is 2.03 bits per heavy atom. The van der Waals surface area contributed by atoms with Crippen molar-refractivity contribution in [2.45, 2.75) is 32.9 Å². The smallest absolute Gasteiger partial charge is 0.409 e. The van der Waals surface area contributed by atoms with Crippen LogP contribution in [0.1, 0.15) is 25.0 Å². The summed E-state index contributed by atoms with van der Waals surface area (Å²) in [5.41, 5.74) is 2.68. The van der Waals surface area contributed by atoms with Gasteiger partial charge < -0.3 is 15.0 Å². The van der Waals surface area contributed by atoms with Crippen molar-refractivity contribution >= 4 is 68.5 Å². The number of halogens is 1. The summed E-state index contributed by atoms with van der Waals surface area (Å²) in [5.74, 6) is 2.37. The molecule has 3 heterocycles. The highest BCUT2D eigenvalue weighted by molar-refractivity contribution is 7.99. The van der Waals surface area contributed by atoms with Crippen molar-refractivity contribution < 1.29 is 14.3 Å². The number of hydrogen-bond donors (Lipinski definition) is 1. The third-order valence-electron chi connectivity index (χ3n) is 7.01. The number of carbonyl (C=O) groups excluding carboxylic acids is 2. The number of piperazine rings is 1. The van der Waals surface area contributed by atoms with Crippen molar-refractivity contribution in [3.05, 3.63) is 52.5 Å². The van der Waals surface area contributed by atoms with Crippen LogP contribution in [0.3, 0.4) is 0 Å². The number of nitrogens with zero attached hydrogens (tertiary/aromatic N) is 4. The SMILES string of the molecule is CCSCNC(=O)OC(C)N1C(=O)Cc2cc(CCN3CCN(c4nsc5ccccc45)CC3)c(Cl)cc21. The van der Waals surface area contributed by atoms with Crippen molar-refractivity contribution in [2.75, 3.05) is 54.2 Å². The van der Waals surface area contributed by atoms with Crippen molar-refractivity contribution in [1.29, 1.82) is 0 Å². The fourth-order valence-electron chi connectivity index (χ4n) is 5.02. The molecular weight excluding hydrogens is 542 g/mol. The van der Waals surface area contributed by atoms with Crippen LogP contribution in [0.2, 0.25) is 5.02 Å². The molecule has 0 aliphatic carbocycles. The number of fused-ring (bicyclic) bond motifs is 2. The lowest BCUT2D eigenvalue weighted by Crippen LogP contribution is -2.47. The molecule has 11 heteroatoms. The minimum atomic E-state index is -0.719. The molecule has 38 heavy (non-hydrogen) atoms. The first kappa shape index (κ1) is 27.1. The second-order valence-electron chi connectivity index (χ2n) is 9.41. The van der Waals surface area contributed by atoms with E-state index < -0.39 is 12.3 Å². The van der Waals surface area contributed by atoms with Crippen molar-refractivity contribution in [2.24, 2.45) is 0 Å². The van der Waals surface area contributed by atoms with Gasteiger partial charge in [-0.3, -0.25) is 14.6 Å². The highest BCUT2D eigenvalue weighted by Crippen LogP contribution is 2.36. The molecule has 2 amide bonds. The molecule has 1 aromatic heterocycles. The van der Waals surface area contributed by atoms with Crippen molar-refractivity contribution in [3.8, 4) is 0 Å². The Kier molecular flexibility index (Phi) is 8.62. The normalized spacial score (nSPS) is 16.7. The zero-order chi connectivity index (χ0) is 26.6. The Morgan fingerprint density at radius 3 is 2.82 bits per heavy atom. The van der Waals surface area contributed by atoms with Crippen LogP contribution < -0.4 is 15.1 Å². The van der Waals surface area contributed by atoms with E-state index in [0.717, 1.165) is 67.5 Å². The molecule has 1 unspecified atom stereocenters. The van der Waals surface area contributed by atoms with E-state index >= 15 is 0 Å². The van der Waals surface area contributed by atoms with E-state index in [0.29, 0.717) is 10.9 Å². The fourth-order valence-corrected chi connectivity index (χ4v) is 6.49. The molecular formula is C27H32ClN5O3S2. The van der Waals surface area contributed by atoms with Gasteiger partial charge >= 0.3 is 6.09 Å². The Bertz CT molecular complexity index is 1310. The number of ether oxygens (including phenoxy) is 1. The maximum Gasteiger partial charge on any atom is 0.409 e. The first-order chi connectivity index (χ1) is 18.4. The standard InChI is InChI=1S/C27H32ClN5O3S2/c1-3-37-17-29-27(35)36-18(2)33-23-16-22(28)19(14-20(23)15-25(33)34)8-9-31-10-12-32(13-11-31)26-21-6-4-5-7-24(21)38-30-26/h4-7,14,16,18H,3,8-13,15,17H2,1-2H3,(H,29,35). The summed E-state index contributed by atoms with van der Waals surface area (Å²) >= 11 is 9.83. The first-order valence-electron chi connectivity index (χ1n) is 12.9. The van der Waals surface area contributed by atoms with Gasteiger partial charge in [-0.2, -0.15) is 4.37 Å². The Labute approximate surface area is 236 Å². The summed E-state index contributed by atoms with van der Waals surface area (Å²) in [4.78, 5) is 31.2. The van der Waals surface area contributed by atoms with Gasteiger partial charge in [0.15, 0.2) is 6.23 Å². The predicted molar refractivity (Wildman–Crippen MR) is 157 cm³/mol. The van der Waals surface area contributed by atoms with Gasteiger partial charge in [-0.1, -0.05) is 36.7 Å². The second kappa shape index (κ2) is 12.1. The van der Waals surface area contributed by atoms with E-state index in [4.69, 9.17) is 20.7 Å². The van der Waals surface area contributed by atoms with Gasteiger partial charge in [0, 0.05) is 43.1 Å². The molecule has 2 aromatic carbocycles. The molecule has 1 fully saturated rings. The zero-order valence-electron chi connectivity index (χ0n) is 21.6. The summed E-state index contributed by atoms with van der Waals surface area (Å²) in [7, 11) is 0. The van der Waals surface area contributed by atoms with Crippen LogP contribution in [-0.2, 0) is 22.4 Å². The molecule has 1 N–H and O–H groups in total. The Balaban J connectivity index is 1.17. The van der Waals surface area contributed by atoms with Crippen LogP contribution in [0.25, 0.3) is 10.1 Å². The number of rotatable bonds is 9. The average molecular weight is 574 g/mol. The molecule has 0 bridgehead atoms. The summed E-state index contributed by atoms with van der Waals surface area (Å²) in [6.45, 7) is 8.44. The number of anilines is 2. The van der Waals surface area contributed by atoms with E-state index in [9.17, 15) is 9.59 Å². The summed E-state index contributed by atoms with van der Waals surface area (Å²) in [6, 6.07) is 12.3. The van der Waals surface area contributed by atoms with E-state index in [-0.39, 0.29) is 12.3 Å². The van der Waals surface area contributed by atoms with Gasteiger partial charge in [-0.25, -0.2) is 4.79 Å². The molecule has 2 aliphatic rings. The van der Waals surface area contributed by atoms with Gasteiger partial charge in [0.05, 0.1) is 22.7 Å². The maximum atomic E-state index is 12.8. The molecule has 2 aliphatic heterocycles. The van der Waals surface area contributed by atoms with E-state index in [1.54, 1.807) is 30.2 Å². The molecule has 8 nitrogen and oxygen atoms in total. The molecule has 0 spiro atoms. The largest absolute Gasteiger partial charge is 0.425 e. The lowest BCUT2D eigenvalue weighted by atomic mass is 10.1. The predicted octanol–water partition coefficient (Wildman–Crippen LogP) is 4.99. The minimum Gasteiger partial charge on any atom is -0.425 e. The number of benzene rings is 2.